The quantitative estimate of drug-likeness (QED) is 0.881. The first kappa shape index (κ1) is 19.6. The van der Waals surface area contributed by atoms with E-state index in [1.54, 1.807) is 25.3 Å². The fourth-order valence-corrected chi connectivity index (χ4v) is 3.64. The Labute approximate surface area is 159 Å². The molecule has 134 valence electrons. The number of hydrogen-bond donors (Lipinski definition) is 1. The van der Waals surface area contributed by atoms with Crippen LogP contribution in [0.5, 0.6) is 5.75 Å². The van der Waals surface area contributed by atoms with Crippen molar-refractivity contribution in [3.63, 3.8) is 0 Å². The van der Waals surface area contributed by atoms with Crippen molar-refractivity contribution >= 4 is 29.9 Å². The highest BCUT2D eigenvalue weighted by Crippen LogP contribution is 2.35. The maximum Gasteiger partial charge on any atom is 0.259 e. The van der Waals surface area contributed by atoms with Gasteiger partial charge in [-0.3, -0.25) is 4.79 Å². The van der Waals surface area contributed by atoms with E-state index < -0.39 is 0 Å². The van der Waals surface area contributed by atoms with Gasteiger partial charge in [0.1, 0.15) is 11.3 Å². The third-order valence-corrected chi connectivity index (χ3v) is 4.98. The third-order valence-electron chi connectivity index (χ3n) is 4.67. The minimum absolute atomic E-state index is 0. The summed E-state index contributed by atoms with van der Waals surface area (Å²) in [5.41, 5.74) is 7.60. The molecule has 2 atom stereocenters. The second-order valence-electron chi connectivity index (χ2n) is 6.04. The average Bonchev–Trinajstić information content (AvgIpc) is 3.06. The molecule has 1 aliphatic rings. The number of hydrogen-bond acceptors (Lipinski definition) is 3. The van der Waals surface area contributed by atoms with Gasteiger partial charge in [0.2, 0.25) is 0 Å². The van der Waals surface area contributed by atoms with E-state index in [-0.39, 0.29) is 30.2 Å². The number of ether oxygens (including phenoxy) is 1. The van der Waals surface area contributed by atoms with Crippen LogP contribution in [0, 0.1) is 5.92 Å². The molecule has 1 fully saturated rings. The van der Waals surface area contributed by atoms with Crippen molar-refractivity contribution in [2.75, 3.05) is 26.7 Å². The number of halogens is 2. The van der Waals surface area contributed by atoms with E-state index in [2.05, 4.69) is 12.1 Å². The zero-order valence-electron chi connectivity index (χ0n) is 14.0. The average molecular weight is 381 g/mol. The van der Waals surface area contributed by atoms with Crippen LogP contribution in [0.25, 0.3) is 0 Å². The van der Waals surface area contributed by atoms with Gasteiger partial charge < -0.3 is 15.4 Å². The van der Waals surface area contributed by atoms with Gasteiger partial charge in [0.15, 0.2) is 0 Å². The molecular formula is C19H22Cl2N2O2. The first-order chi connectivity index (χ1) is 11.7. The molecular weight excluding hydrogens is 359 g/mol. The van der Waals surface area contributed by atoms with Gasteiger partial charge in [0, 0.05) is 19.0 Å². The Kier molecular flexibility index (Phi) is 6.71. The van der Waals surface area contributed by atoms with Gasteiger partial charge in [-0.15, -0.1) is 12.4 Å². The fourth-order valence-electron chi connectivity index (χ4n) is 3.39. The lowest BCUT2D eigenvalue weighted by molar-refractivity contribution is 0.0783. The van der Waals surface area contributed by atoms with Crippen molar-refractivity contribution in [2.24, 2.45) is 11.7 Å². The summed E-state index contributed by atoms with van der Waals surface area (Å²) in [7, 11) is 1.54. The molecule has 0 unspecified atom stereocenters. The predicted molar refractivity (Wildman–Crippen MR) is 103 cm³/mol. The molecule has 2 aromatic carbocycles. The molecule has 4 nitrogen and oxygen atoms in total. The van der Waals surface area contributed by atoms with E-state index >= 15 is 0 Å². The highest BCUT2D eigenvalue weighted by molar-refractivity contribution is 6.34. The van der Waals surface area contributed by atoms with Crippen LogP contribution < -0.4 is 10.5 Å². The summed E-state index contributed by atoms with van der Waals surface area (Å²) in [6.45, 7) is 1.81. The van der Waals surface area contributed by atoms with Crippen LogP contribution in [0.2, 0.25) is 5.02 Å². The number of amides is 1. The minimum Gasteiger partial charge on any atom is -0.496 e. The fraction of sp³-hybridized carbons (Fsp3) is 0.316. The SMILES string of the molecule is COc1cccc(Cl)c1C(=O)N1C[C@@H](CN)[C@H](c2ccccc2)C1.Cl. The lowest BCUT2D eigenvalue weighted by Crippen LogP contribution is -2.30. The second kappa shape index (κ2) is 8.56. The molecule has 1 heterocycles. The van der Waals surface area contributed by atoms with Crippen LogP contribution >= 0.6 is 24.0 Å². The number of rotatable bonds is 4. The molecule has 1 amide bonds. The van der Waals surface area contributed by atoms with Crippen molar-refractivity contribution in [1.82, 2.24) is 4.90 Å². The molecule has 25 heavy (non-hydrogen) atoms. The monoisotopic (exact) mass is 380 g/mol. The Morgan fingerprint density at radius 3 is 2.56 bits per heavy atom. The molecule has 1 aliphatic heterocycles. The standard InChI is InChI=1S/C19H21ClN2O2.ClH/c1-24-17-9-5-8-16(20)18(17)19(23)22-11-14(10-21)15(12-22)13-6-3-2-4-7-13;/h2-9,14-15H,10-12,21H2,1H3;1H/t14-,15+;/m1./s1. The number of carbonyl (C=O) groups excluding carboxylic acids is 1. The molecule has 2 N–H and O–H groups in total. The topological polar surface area (TPSA) is 55.6 Å². The van der Waals surface area contributed by atoms with E-state index in [0.717, 1.165) is 0 Å². The maximum absolute atomic E-state index is 13.0. The summed E-state index contributed by atoms with van der Waals surface area (Å²) in [6, 6.07) is 15.5. The first-order valence-corrected chi connectivity index (χ1v) is 8.40. The lowest BCUT2D eigenvalue weighted by atomic mass is 9.89. The number of nitrogens with zero attached hydrogens (tertiary/aromatic N) is 1. The van der Waals surface area contributed by atoms with Crippen molar-refractivity contribution in [2.45, 2.75) is 5.92 Å². The molecule has 6 heteroatoms. The van der Waals surface area contributed by atoms with E-state index in [4.69, 9.17) is 22.1 Å². The molecule has 0 aliphatic carbocycles. The van der Waals surface area contributed by atoms with E-state index in [1.807, 2.05) is 23.1 Å². The largest absolute Gasteiger partial charge is 0.496 e. The summed E-state index contributed by atoms with van der Waals surface area (Å²) in [6.07, 6.45) is 0. The van der Waals surface area contributed by atoms with Crippen LogP contribution in [0.1, 0.15) is 21.8 Å². The number of likely N-dealkylation sites (tertiary alicyclic amines) is 1. The van der Waals surface area contributed by atoms with E-state index in [1.165, 1.54) is 5.56 Å². The van der Waals surface area contributed by atoms with Crippen molar-refractivity contribution in [3.8, 4) is 5.75 Å². The van der Waals surface area contributed by atoms with Crippen LogP contribution in [0.3, 0.4) is 0 Å². The van der Waals surface area contributed by atoms with Gasteiger partial charge in [0.25, 0.3) is 5.91 Å². The van der Waals surface area contributed by atoms with Gasteiger partial charge in [-0.05, 0) is 30.2 Å². The molecule has 3 rings (SSSR count). The van der Waals surface area contributed by atoms with E-state index in [0.29, 0.717) is 36.0 Å². The van der Waals surface area contributed by atoms with Crippen LogP contribution in [0.15, 0.2) is 48.5 Å². The Hall–Kier alpha value is -1.75. The Morgan fingerprint density at radius 2 is 1.92 bits per heavy atom. The van der Waals surface area contributed by atoms with Crippen molar-refractivity contribution < 1.29 is 9.53 Å². The van der Waals surface area contributed by atoms with Gasteiger partial charge in [-0.25, -0.2) is 0 Å². The molecule has 0 aromatic heterocycles. The van der Waals surface area contributed by atoms with Gasteiger partial charge >= 0.3 is 0 Å². The highest BCUT2D eigenvalue weighted by atomic mass is 35.5. The number of methoxy groups -OCH3 is 1. The molecule has 0 spiro atoms. The van der Waals surface area contributed by atoms with Crippen molar-refractivity contribution in [3.05, 3.63) is 64.7 Å². The number of carbonyl (C=O) groups is 1. The Morgan fingerprint density at radius 1 is 1.20 bits per heavy atom. The van der Waals surface area contributed by atoms with Gasteiger partial charge in [-0.1, -0.05) is 48.0 Å². The van der Waals surface area contributed by atoms with Gasteiger partial charge in [-0.2, -0.15) is 0 Å². The summed E-state index contributed by atoms with van der Waals surface area (Å²) < 4.78 is 5.31. The van der Waals surface area contributed by atoms with Crippen LogP contribution in [-0.2, 0) is 0 Å². The Bertz CT molecular complexity index is 725. The number of benzene rings is 2. The van der Waals surface area contributed by atoms with Gasteiger partial charge in [0.05, 0.1) is 12.1 Å². The zero-order valence-corrected chi connectivity index (χ0v) is 15.6. The van der Waals surface area contributed by atoms with Crippen molar-refractivity contribution in [1.29, 1.82) is 0 Å². The summed E-state index contributed by atoms with van der Waals surface area (Å²) in [4.78, 5) is 14.8. The molecule has 0 radical (unpaired) electrons. The molecule has 1 saturated heterocycles. The van der Waals surface area contributed by atoms with E-state index in [9.17, 15) is 4.79 Å². The van der Waals surface area contributed by atoms with Crippen LogP contribution in [-0.4, -0.2) is 37.6 Å². The Balaban J connectivity index is 0.00000225. The predicted octanol–water partition coefficient (Wildman–Crippen LogP) is 3.58. The lowest BCUT2D eigenvalue weighted by Gasteiger charge is -2.19. The normalized spacial score (nSPS) is 19.4. The molecule has 0 saturated carbocycles. The summed E-state index contributed by atoms with van der Waals surface area (Å²) >= 11 is 6.25. The smallest absolute Gasteiger partial charge is 0.259 e. The number of nitrogens with two attached hydrogens (primary N) is 1. The first-order valence-electron chi connectivity index (χ1n) is 8.02. The summed E-state index contributed by atoms with van der Waals surface area (Å²) in [5.74, 6) is 0.882. The second-order valence-corrected chi connectivity index (χ2v) is 6.45. The minimum atomic E-state index is -0.102. The maximum atomic E-state index is 13.0. The summed E-state index contributed by atoms with van der Waals surface area (Å²) in [5, 5.41) is 0.409. The molecule has 2 aromatic rings. The zero-order chi connectivity index (χ0) is 17.1. The molecule has 0 bridgehead atoms. The highest BCUT2D eigenvalue weighted by Gasteiger charge is 2.36. The van der Waals surface area contributed by atoms with Crippen LogP contribution in [0.4, 0.5) is 0 Å². The third kappa shape index (κ3) is 3.92.